The number of hydrogen-bond acceptors (Lipinski definition) is 6. The monoisotopic (exact) mass is 299 g/mol. The topological polar surface area (TPSA) is 104 Å². The zero-order chi connectivity index (χ0) is 14.9. The molecule has 0 saturated carbocycles. The molecule has 1 aromatic rings. The molecule has 0 saturated heterocycles. The number of carbonyl (C=O) groups excluding carboxylic acids is 1. The van der Waals surface area contributed by atoms with Crippen LogP contribution in [0.3, 0.4) is 0 Å². The highest BCUT2D eigenvalue weighted by Gasteiger charge is 2.36. The molecule has 0 radical (unpaired) electrons. The lowest BCUT2D eigenvalue weighted by Gasteiger charge is -2.13. The molecule has 9 heteroatoms. The molecule has 0 atom stereocenters. The van der Waals surface area contributed by atoms with Crippen molar-refractivity contribution < 1.29 is 28.0 Å². The van der Waals surface area contributed by atoms with Crippen molar-refractivity contribution in [2.45, 2.75) is 18.4 Å². The van der Waals surface area contributed by atoms with E-state index in [1.165, 1.54) is 18.2 Å². The van der Waals surface area contributed by atoms with E-state index in [4.69, 9.17) is 14.8 Å². The molecule has 1 heterocycles. The van der Waals surface area contributed by atoms with Gasteiger partial charge in [0.15, 0.2) is 0 Å². The highest BCUT2D eigenvalue weighted by atomic mass is 32.2. The molecule has 20 heavy (non-hydrogen) atoms. The molecular weight excluding hydrogens is 285 g/mol. The fourth-order valence-corrected chi connectivity index (χ4v) is 3.62. The summed E-state index contributed by atoms with van der Waals surface area (Å²) in [5.74, 6) is -0.619. The van der Waals surface area contributed by atoms with E-state index in [0.717, 1.165) is 4.31 Å². The van der Waals surface area contributed by atoms with Gasteiger partial charge in [-0.3, -0.25) is 4.79 Å². The predicted octanol–water partition coefficient (Wildman–Crippen LogP) is -1.57. The Labute approximate surface area is 117 Å². The number of rotatable bonds is 4. The van der Waals surface area contributed by atoms with Crippen LogP contribution in [0.1, 0.15) is 12.5 Å². The van der Waals surface area contributed by atoms with Crippen LogP contribution in [0.15, 0.2) is 23.1 Å². The van der Waals surface area contributed by atoms with Crippen molar-refractivity contribution in [2.24, 2.45) is 0 Å². The highest BCUT2D eigenvalue weighted by Crippen LogP contribution is 2.29. The molecule has 1 aromatic carbocycles. The molecule has 0 spiro atoms. The van der Waals surface area contributed by atoms with Crippen LogP contribution in [0.25, 0.3) is 0 Å². The van der Waals surface area contributed by atoms with Crippen LogP contribution in [-0.4, -0.2) is 49.0 Å². The minimum Gasteiger partial charge on any atom is -0.465 e. The Balaban J connectivity index is 2.30. The summed E-state index contributed by atoms with van der Waals surface area (Å²) in [4.78, 5) is 11.4. The van der Waals surface area contributed by atoms with Crippen molar-refractivity contribution in [3.8, 4) is 0 Å². The Morgan fingerprint density at radius 3 is 2.75 bits per heavy atom. The van der Waals surface area contributed by atoms with Crippen molar-refractivity contribution >= 4 is 28.6 Å². The van der Waals surface area contributed by atoms with Crippen LogP contribution >= 0.6 is 0 Å². The van der Waals surface area contributed by atoms with E-state index in [1.54, 1.807) is 6.92 Å². The molecule has 0 bridgehead atoms. The SMILES string of the molecule is CCOC(=O)CN1Cc2ccc(B(O)O)cc2S1(=O)=O. The summed E-state index contributed by atoms with van der Waals surface area (Å²) in [5, 5.41) is 18.2. The first kappa shape index (κ1) is 15.0. The molecule has 7 nitrogen and oxygen atoms in total. The molecule has 0 unspecified atom stereocenters. The van der Waals surface area contributed by atoms with Gasteiger partial charge in [-0.25, -0.2) is 8.42 Å². The predicted molar refractivity (Wildman–Crippen MR) is 70.5 cm³/mol. The second-order valence-electron chi connectivity index (χ2n) is 4.32. The fourth-order valence-electron chi connectivity index (χ4n) is 2.01. The minimum absolute atomic E-state index is 0.00704. The first-order valence-electron chi connectivity index (χ1n) is 6.01. The van der Waals surface area contributed by atoms with Gasteiger partial charge in [-0.05, 0) is 24.0 Å². The second kappa shape index (κ2) is 5.53. The molecule has 0 aliphatic carbocycles. The molecule has 2 N–H and O–H groups in total. The van der Waals surface area contributed by atoms with Gasteiger partial charge in [-0.1, -0.05) is 12.1 Å². The number of nitrogens with zero attached hydrogens (tertiary/aromatic N) is 1. The summed E-state index contributed by atoms with van der Waals surface area (Å²) < 4.78 is 30.2. The third-order valence-electron chi connectivity index (χ3n) is 2.96. The molecule has 0 aromatic heterocycles. The van der Waals surface area contributed by atoms with E-state index in [0.29, 0.717) is 5.56 Å². The summed E-state index contributed by atoms with van der Waals surface area (Å²) in [6.07, 6.45) is 0. The van der Waals surface area contributed by atoms with Crippen molar-refractivity contribution in [1.82, 2.24) is 4.31 Å². The average Bonchev–Trinajstić information content (AvgIpc) is 2.61. The third-order valence-corrected chi connectivity index (χ3v) is 4.84. The van der Waals surface area contributed by atoms with Crippen LogP contribution in [0, 0.1) is 0 Å². The third kappa shape index (κ3) is 2.71. The van der Waals surface area contributed by atoms with Crippen molar-refractivity contribution in [3.05, 3.63) is 23.8 Å². The molecule has 0 amide bonds. The van der Waals surface area contributed by atoms with Gasteiger partial charge in [0, 0.05) is 6.54 Å². The summed E-state index contributed by atoms with van der Waals surface area (Å²) in [6.45, 7) is 1.53. The number of esters is 1. The van der Waals surface area contributed by atoms with Gasteiger partial charge >= 0.3 is 13.1 Å². The van der Waals surface area contributed by atoms with Crippen LogP contribution in [0.5, 0.6) is 0 Å². The number of carbonyl (C=O) groups is 1. The van der Waals surface area contributed by atoms with Gasteiger partial charge in [0.25, 0.3) is 0 Å². The second-order valence-corrected chi connectivity index (χ2v) is 6.23. The number of fused-ring (bicyclic) bond motifs is 1. The Bertz CT molecular complexity index is 630. The van der Waals surface area contributed by atoms with Crippen LogP contribution in [-0.2, 0) is 26.1 Å². The van der Waals surface area contributed by atoms with Crippen molar-refractivity contribution in [2.75, 3.05) is 13.2 Å². The van der Waals surface area contributed by atoms with Gasteiger partial charge < -0.3 is 14.8 Å². The standard InChI is InChI=1S/C11H14BNO6S/c1-2-19-11(14)7-13-6-8-3-4-9(12(15)16)5-10(8)20(13,17)18/h3-5,15-16H,2,6-7H2,1H3. The fraction of sp³-hybridized carbons (Fsp3) is 0.364. The highest BCUT2D eigenvalue weighted by molar-refractivity contribution is 7.89. The summed E-state index contributed by atoms with van der Waals surface area (Å²) in [7, 11) is -5.55. The Kier molecular flexibility index (Phi) is 4.14. The summed E-state index contributed by atoms with van der Waals surface area (Å²) >= 11 is 0. The van der Waals surface area contributed by atoms with E-state index in [-0.39, 0.29) is 30.1 Å². The first-order chi connectivity index (χ1) is 9.36. The number of hydrogen-bond donors (Lipinski definition) is 2. The molecule has 1 aliphatic heterocycles. The van der Waals surface area contributed by atoms with Gasteiger partial charge in [0.2, 0.25) is 10.0 Å². The van der Waals surface area contributed by atoms with Gasteiger partial charge in [-0.2, -0.15) is 4.31 Å². The van der Waals surface area contributed by atoms with Crippen molar-refractivity contribution in [1.29, 1.82) is 0 Å². The normalized spacial score (nSPS) is 16.8. The largest absolute Gasteiger partial charge is 0.488 e. The van der Waals surface area contributed by atoms with E-state index in [1.807, 2.05) is 0 Å². The zero-order valence-corrected chi connectivity index (χ0v) is 11.6. The molecule has 0 fully saturated rings. The van der Waals surface area contributed by atoms with Crippen LogP contribution in [0.4, 0.5) is 0 Å². The van der Waals surface area contributed by atoms with Gasteiger partial charge in [0.05, 0.1) is 11.5 Å². The average molecular weight is 299 g/mol. The lowest BCUT2D eigenvalue weighted by molar-refractivity contribution is -0.143. The van der Waals surface area contributed by atoms with Gasteiger partial charge in [-0.15, -0.1) is 0 Å². The molecule has 108 valence electrons. The van der Waals surface area contributed by atoms with Gasteiger partial charge in [0.1, 0.15) is 6.54 Å². The molecular formula is C11H14BNO6S. The van der Waals surface area contributed by atoms with E-state index in [9.17, 15) is 13.2 Å². The Morgan fingerprint density at radius 2 is 2.15 bits per heavy atom. The lowest BCUT2D eigenvalue weighted by atomic mass is 9.80. The van der Waals surface area contributed by atoms with Crippen LogP contribution in [0.2, 0.25) is 0 Å². The number of benzene rings is 1. The Morgan fingerprint density at radius 1 is 1.45 bits per heavy atom. The lowest BCUT2D eigenvalue weighted by Crippen LogP contribution is -2.32. The van der Waals surface area contributed by atoms with E-state index in [2.05, 4.69) is 0 Å². The maximum atomic E-state index is 12.3. The first-order valence-corrected chi connectivity index (χ1v) is 7.45. The summed E-state index contributed by atoms with van der Waals surface area (Å²) in [6, 6.07) is 4.15. The van der Waals surface area contributed by atoms with E-state index >= 15 is 0 Å². The molecule has 1 aliphatic rings. The summed E-state index contributed by atoms with van der Waals surface area (Å²) in [5.41, 5.74) is 0.601. The van der Waals surface area contributed by atoms with E-state index < -0.39 is 23.1 Å². The number of sulfonamides is 1. The maximum absolute atomic E-state index is 12.3. The smallest absolute Gasteiger partial charge is 0.465 e. The Hall–Kier alpha value is -1.42. The zero-order valence-electron chi connectivity index (χ0n) is 10.8. The van der Waals surface area contributed by atoms with Crippen LogP contribution < -0.4 is 5.46 Å². The number of ether oxygens (including phenoxy) is 1. The minimum atomic E-state index is -3.81. The molecule has 2 rings (SSSR count). The maximum Gasteiger partial charge on any atom is 0.488 e. The van der Waals surface area contributed by atoms with Crippen molar-refractivity contribution in [3.63, 3.8) is 0 Å². The quantitative estimate of drug-likeness (QED) is 0.514.